The van der Waals surface area contributed by atoms with Crippen LogP contribution in [0.1, 0.15) is 54.5 Å². The van der Waals surface area contributed by atoms with E-state index in [4.69, 9.17) is 0 Å². The summed E-state index contributed by atoms with van der Waals surface area (Å²) in [5.74, 6) is 0.0812. The highest BCUT2D eigenvalue weighted by molar-refractivity contribution is 9.10. The van der Waals surface area contributed by atoms with Crippen molar-refractivity contribution in [2.45, 2.75) is 51.5 Å². The van der Waals surface area contributed by atoms with E-state index in [-0.39, 0.29) is 11.9 Å². The second kappa shape index (κ2) is 7.98. The molecule has 0 saturated heterocycles. The summed E-state index contributed by atoms with van der Waals surface area (Å²) in [7, 11) is 0. The topological polar surface area (TPSA) is 29.1 Å². The fourth-order valence-electron chi connectivity index (χ4n) is 3.47. The molecule has 0 heterocycles. The van der Waals surface area contributed by atoms with Gasteiger partial charge in [0, 0.05) is 4.47 Å². The number of aryl methyl sites for hydroxylation is 2. The summed E-state index contributed by atoms with van der Waals surface area (Å²) < 4.78 is 1.01. The molecular weight excluding hydrogens is 362 g/mol. The van der Waals surface area contributed by atoms with Crippen molar-refractivity contribution in [3.8, 4) is 0 Å². The monoisotopic (exact) mass is 385 g/mol. The van der Waals surface area contributed by atoms with Crippen LogP contribution in [0, 0.1) is 0 Å². The molecule has 0 bridgehead atoms. The van der Waals surface area contributed by atoms with Gasteiger partial charge in [-0.15, -0.1) is 0 Å². The molecule has 1 unspecified atom stereocenters. The minimum Gasteiger partial charge on any atom is -0.349 e. The van der Waals surface area contributed by atoms with Gasteiger partial charge in [0.2, 0.25) is 5.91 Å². The van der Waals surface area contributed by atoms with Crippen molar-refractivity contribution in [3.63, 3.8) is 0 Å². The highest BCUT2D eigenvalue weighted by Crippen LogP contribution is 2.26. The van der Waals surface area contributed by atoms with Gasteiger partial charge in [0.25, 0.3) is 0 Å². The third-order valence-electron chi connectivity index (χ3n) is 4.77. The Bertz CT molecular complexity index is 726. The molecular formula is C21H24BrNO. The molecule has 1 amide bonds. The lowest BCUT2D eigenvalue weighted by Gasteiger charge is -2.22. The third kappa shape index (κ3) is 4.27. The molecule has 0 aromatic heterocycles. The van der Waals surface area contributed by atoms with Crippen molar-refractivity contribution in [1.82, 2.24) is 5.32 Å². The number of hydrogen-bond donors (Lipinski definition) is 1. The smallest absolute Gasteiger partial charge is 0.224 e. The predicted molar refractivity (Wildman–Crippen MR) is 102 cm³/mol. The van der Waals surface area contributed by atoms with Gasteiger partial charge in [0.05, 0.1) is 12.5 Å². The number of fused-ring (bicyclic) bond motifs is 1. The van der Waals surface area contributed by atoms with Gasteiger partial charge in [-0.2, -0.15) is 0 Å². The SMILES string of the molecule is CCC(NC(=O)Cc1cccc(Br)c1)c1ccc2c(c1)CCCC2. The van der Waals surface area contributed by atoms with Crippen molar-refractivity contribution in [2.24, 2.45) is 0 Å². The number of hydrogen-bond acceptors (Lipinski definition) is 1. The lowest BCUT2D eigenvalue weighted by atomic mass is 9.88. The first-order valence-corrected chi connectivity index (χ1v) is 9.60. The maximum Gasteiger partial charge on any atom is 0.224 e. The summed E-state index contributed by atoms with van der Waals surface area (Å²) in [5, 5.41) is 3.20. The molecule has 126 valence electrons. The Balaban J connectivity index is 1.69. The fourth-order valence-corrected chi connectivity index (χ4v) is 3.92. The van der Waals surface area contributed by atoms with Gasteiger partial charge < -0.3 is 5.32 Å². The van der Waals surface area contributed by atoms with E-state index in [9.17, 15) is 4.79 Å². The molecule has 2 nitrogen and oxygen atoms in total. The van der Waals surface area contributed by atoms with Crippen LogP contribution >= 0.6 is 15.9 Å². The summed E-state index contributed by atoms with van der Waals surface area (Å²) >= 11 is 3.46. The van der Waals surface area contributed by atoms with Gasteiger partial charge in [-0.1, -0.05) is 53.2 Å². The van der Waals surface area contributed by atoms with Crippen LogP contribution in [-0.2, 0) is 24.1 Å². The summed E-state index contributed by atoms with van der Waals surface area (Å²) in [6, 6.07) is 14.8. The molecule has 3 rings (SSSR count). The normalized spacial score (nSPS) is 14.8. The number of carbonyl (C=O) groups excluding carboxylic acids is 1. The maximum absolute atomic E-state index is 12.4. The van der Waals surface area contributed by atoms with Crippen molar-refractivity contribution >= 4 is 21.8 Å². The lowest BCUT2D eigenvalue weighted by Crippen LogP contribution is -2.29. The maximum atomic E-state index is 12.4. The summed E-state index contributed by atoms with van der Waals surface area (Å²) in [4.78, 5) is 12.4. The number of benzene rings is 2. The van der Waals surface area contributed by atoms with Crippen LogP contribution in [0.15, 0.2) is 46.9 Å². The predicted octanol–water partition coefficient (Wildman–Crippen LogP) is 5.14. The number of amides is 1. The molecule has 0 radical (unpaired) electrons. The molecule has 0 aliphatic heterocycles. The Kier molecular flexibility index (Phi) is 5.72. The van der Waals surface area contributed by atoms with Gasteiger partial charge in [0.15, 0.2) is 0 Å². The number of rotatable bonds is 5. The second-order valence-electron chi connectivity index (χ2n) is 6.57. The highest BCUT2D eigenvalue weighted by atomic mass is 79.9. The first-order chi connectivity index (χ1) is 11.7. The van der Waals surface area contributed by atoms with E-state index in [1.807, 2.05) is 24.3 Å². The van der Waals surface area contributed by atoms with Gasteiger partial charge >= 0.3 is 0 Å². The molecule has 0 spiro atoms. The Labute approximate surface area is 152 Å². The zero-order chi connectivity index (χ0) is 16.9. The standard InChI is InChI=1S/C21H24BrNO/c1-2-20(18-11-10-16-7-3-4-8-17(16)14-18)23-21(24)13-15-6-5-9-19(22)12-15/h5-6,9-12,14,20H,2-4,7-8,13H2,1H3,(H,23,24). The third-order valence-corrected chi connectivity index (χ3v) is 5.27. The summed E-state index contributed by atoms with van der Waals surface area (Å²) in [5.41, 5.74) is 5.22. The number of carbonyl (C=O) groups is 1. The van der Waals surface area contributed by atoms with Crippen LogP contribution in [-0.4, -0.2) is 5.91 Å². The van der Waals surface area contributed by atoms with E-state index >= 15 is 0 Å². The minimum atomic E-state index is 0.0812. The molecule has 3 heteroatoms. The van der Waals surface area contributed by atoms with Crippen LogP contribution in [0.4, 0.5) is 0 Å². The van der Waals surface area contributed by atoms with Crippen molar-refractivity contribution < 1.29 is 4.79 Å². The zero-order valence-electron chi connectivity index (χ0n) is 14.1. The van der Waals surface area contributed by atoms with E-state index in [0.29, 0.717) is 6.42 Å². The summed E-state index contributed by atoms with van der Waals surface area (Å²) in [6.45, 7) is 2.13. The average Bonchev–Trinajstić information content (AvgIpc) is 2.59. The Morgan fingerprint density at radius 2 is 1.92 bits per heavy atom. The van der Waals surface area contributed by atoms with Crippen LogP contribution in [0.2, 0.25) is 0 Å². The van der Waals surface area contributed by atoms with E-state index in [1.54, 1.807) is 0 Å². The Hall–Kier alpha value is -1.61. The van der Waals surface area contributed by atoms with Gasteiger partial charge in [-0.25, -0.2) is 0 Å². The zero-order valence-corrected chi connectivity index (χ0v) is 15.7. The van der Waals surface area contributed by atoms with E-state index in [0.717, 1.165) is 16.5 Å². The fraction of sp³-hybridized carbons (Fsp3) is 0.381. The van der Waals surface area contributed by atoms with Crippen LogP contribution < -0.4 is 5.32 Å². The molecule has 2 aromatic rings. The van der Waals surface area contributed by atoms with Gasteiger partial charge in [-0.05, 0) is 66.5 Å². The lowest BCUT2D eigenvalue weighted by molar-refractivity contribution is -0.121. The summed E-state index contributed by atoms with van der Waals surface area (Å²) in [6.07, 6.45) is 6.27. The van der Waals surface area contributed by atoms with Crippen LogP contribution in [0.3, 0.4) is 0 Å². The van der Waals surface area contributed by atoms with Crippen LogP contribution in [0.25, 0.3) is 0 Å². The quantitative estimate of drug-likeness (QED) is 0.758. The molecule has 1 atom stereocenters. The van der Waals surface area contributed by atoms with Crippen molar-refractivity contribution in [2.75, 3.05) is 0 Å². The first kappa shape index (κ1) is 17.2. The van der Waals surface area contributed by atoms with Crippen molar-refractivity contribution in [3.05, 3.63) is 69.2 Å². The van der Waals surface area contributed by atoms with E-state index in [1.165, 1.54) is 42.4 Å². The van der Waals surface area contributed by atoms with Gasteiger partial charge in [-0.3, -0.25) is 4.79 Å². The minimum absolute atomic E-state index is 0.0812. The van der Waals surface area contributed by atoms with Crippen LogP contribution in [0.5, 0.6) is 0 Å². The molecule has 24 heavy (non-hydrogen) atoms. The number of nitrogens with one attached hydrogen (secondary N) is 1. The Morgan fingerprint density at radius 3 is 2.67 bits per heavy atom. The number of halogens is 1. The van der Waals surface area contributed by atoms with E-state index in [2.05, 4.69) is 46.4 Å². The molecule has 1 aliphatic rings. The molecule has 1 aliphatic carbocycles. The molecule has 0 fully saturated rings. The van der Waals surface area contributed by atoms with Crippen molar-refractivity contribution in [1.29, 1.82) is 0 Å². The average molecular weight is 386 g/mol. The highest BCUT2D eigenvalue weighted by Gasteiger charge is 2.16. The second-order valence-corrected chi connectivity index (χ2v) is 7.49. The Morgan fingerprint density at radius 1 is 1.12 bits per heavy atom. The van der Waals surface area contributed by atoms with Gasteiger partial charge in [0.1, 0.15) is 0 Å². The van der Waals surface area contributed by atoms with E-state index < -0.39 is 0 Å². The first-order valence-electron chi connectivity index (χ1n) is 8.81. The molecule has 1 N–H and O–H groups in total. The largest absolute Gasteiger partial charge is 0.349 e. The molecule has 0 saturated carbocycles. The molecule has 2 aromatic carbocycles.